The quantitative estimate of drug-likeness (QED) is 0.192. The maximum atomic E-state index is 9.86. The minimum absolute atomic E-state index is 0.551. The first kappa shape index (κ1) is 11.0. The van der Waals surface area contributed by atoms with E-state index in [4.69, 9.17) is 27.4 Å². The van der Waals surface area contributed by atoms with Crippen LogP contribution in [0.2, 0.25) is 0 Å². The monoisotopic (exact) mass is 640 g/mol. The standard InChI is InChI=1S/C44H28N4/c1-3-13-29(14-4-1)43-35-19-7-10-20-38(35)45-44(46-43)48-40-22-12-9-18-34(40)37-28-31(24-26-42(37)48)30-23-25-41-36(27-30)33-17-8-11-21-39(33)47(41)32-15-5-2-6-16-32/h1-28H/i1D,2D,3D,4D,5D,6D,7D,8D,9D,10D,11D,12D,13D,14D,15D,16D,17D,18D,19D,20D,21D,22D,23D,24D,25D,26D,27D,28D. The Hall–Kier alpha value is -6.52. The largest absolute Gasteiger partial charge is 0.309 e. The maximum Gasteiger partial charge on any atom is 0.235 e. The molecule has 10 aromatic rings. The molecule has 0 saturated carbocycles. The topological polar surface area (TPSA) is 35.6 Å². The molecule has 0 fully saturated rings. The Morgan fingerprint density at radius 1 is 0.375 bits per heavy atom. The minimum Gasteiger partial charge on any atom is -0.309 e. The number of hydrogen-bond acceptors (Lipinski definition) is 2. The predicted molar refractivity (Wildman–Crippen MR) is 199 cm³/mol. The van der Waals surface area contributed by atoms with E-state index in [0.29, 0.717) is 0 Å². The van der Waals surface area contributed by atoms with E-state index in [1.54, 1.807) is 0 Å². The molecule has 0 amide bonds. The number of aromatic nitrogens is 4. The molecule has 4 nitrogen and oxygen atoms in total. The zero-order valence-corrected chi connectivity index (χ0v) is 23.8. The third kappa shape index (κ3) is 4.03. The van der Waals surface area contributed by atoms with E-state index >= 15 is 0 Å². The van der Waals surface area contributed by atoms with Crippen molar-refractivity contribution in [2.24, 2.45) is 0 Å². The van der Waals surface area contributed by atoms with Gasteiger partial charge in [0, 0.05) is 38.2 Å². The number of fused-ring (bicyclic) bond motifs is 7. The van der Waals surface area contributed by atoms with Crippen LogP contribution in [0.5, 0.6) is 0 Å². The highest BCUT2D eigenvalue weighted by atomic mass is 15.2. The van der Waals surface area contributed by atoms with Crippen LogP contribution in [0.1, 0.15) is 38.4 Å². The van der Waals surface area contributed by atoms with E-state index in [9.17, 15) is 11.0 Å². The van der Waals surface area contributed by atoms with Crippen LogP contribution in [0, 0.1) is 0 Å². The molecule has 7 aromatic carbocycles. The molecule has 0 atom stereocenters. The first-order valence-electron chi connectivity index (χ1n) is 28.0. The lowest BCUT2D eigenvalue weighted by molar-refractivity contribution is 1.01. The summed E-state index contributed by atoms with van der Waals surface area (Å²) >= 11 is 0. The van der Waals surface area contributed by atoms with Crippen molar-refractivity contribution < 1.29 is 38.4 Å². The van der Waals surface area contributed by atoms with Gasteiger partial charge in [0.05, 0.1) is 71.7 Å². The van der Waals surface area contributed by atoms with Crippen LogP contribution in [-0.2, 0) is 0 Å². The molecule has 0 bridgehead atoms. The Morgan fingerprint density at radius 2 is 0.875 bits per heavy atom. The van der Waals surface area contributed by atoms with Gasteiger partial charge in [-0.05, 0) is 65.5 Å². The smallest absolute Gasteiger partial charge is 0.235 e. The number of rotatable bonds is 4. The summed E-state index contributed by atoms with van der Waals surface area (Å²) in [5.74, 6) is -0.823. The highest BCUT2D eigenvalue weighted by Crippen LogP contribution is 2.38. The first-order valence-corrected chi connectivity index (χ1v) is 14.0. The molecule has 48 heavy (non-hydrogen) atoms. The molecule has 0 unspecified atom stereocenters. The molecular weight excluding hydrogens is 585 g/mol. The predicted octanol–water partition coefficient (Wildman–Crippen LogP) is 11.2. The van der Waals surface area contributed by atoms with Crippen LogP contribution in [0.4, 0.5) is 0 Å². The van der Waals surface area contributed by atoms with Crippen molar-refractivity contribution in [3.8, 4) is 34.0 Å². The Bertz CT molecular complexity index is 4390. The molecule has 10 rings (SSSR count). The van der Waals surface area contributed by atoms with Crippen LogP contribution in [-0.4, -0.2) is 19.1 Å². The summed E-state index contributed by atoms with van der Waals surface area (Å²) in [5.41, 5.74) is -6.90. The van der Waals surface area contributed by atoms with E-state index in [-0.39, 0.29) is 0 Å². The number of hydrogen-bond donors (Lipinski definition) is 0. The van der Waals surface area contributed by atoms with Gasteiger partial charge in [-0.3, -0.25) is 4.57 Å². The fourth-order valence-corrected chi connectivity index (χ4v) is 5.55. The van der Waals surface area contributed by atoms with Crippen LogP contribution in [0.3, 0.4) is 0 Å². The Kier molecular flexibility index (Phi) is 2.42. The third-order valence-corrected chi connectivity index (χ3v) is 7.54. The van der Waals surface area contributed by atoms with Crippen LogP contribution < -0.4 is 0 Å². The maximum absolute atomic E-state index is 9.86. The summed E-state index contributed by atoms with van der Waals surface area (Å²) in [4.78, 5) is 8.88. The fraction of sp³-hybridized carbons (Fsp3) is 0. The molecular formula is C44H28N4. The Balaban J connectivity index is 1.42. The second-order valence-electron chi connectivity index (χ2n) is 10.1. The van der Waals surface area contributed by atoms with Crippen molar-refractivity contribution in [2.75, 3.05) is 0 Å². The third-order valence-electron chi connectivity index (χ3n) is 7.54. The molecule has 0 aliphatic heterocycles. The van der Waals surface area contributed by atoms with Crippen molar-refractivity contribution >= 4 is 54.5 Å². The molecule has 0 saturated heterocycles. The van der Waals surface area contributed by atoms with Crippen molar-refractivity contribution in [1.29, 1.82) is 0 Å². The summed E-state index contributed by atoms with van der Waals surface area (Å²) < 4.78 is 250. The second-order valence-corrected chi connectivity index (χ2v) is 10.1. The summed E-state index contributed by atoms with van der Waals surface area (Å²) in [5, 5.41) is -2.90. The van der Waals surface area contributed by atoms with E-state index in [0.717, 1.165) is 9.13 Å². The van der Waals surface area contributed by atoms with Gasteiger partial charge in [0.2, 0.25) is 5.95 Å². The minimum atomic E-state index is -1.04. The summed E-state index contributed by atoms with van der Waals surface area (Å²) in [6, 6.07) is -25.1. The number of para-hydroxylation sites is 4. The van der Waals surface area contributed by atoms with Gasteiger partial charge in [0.25, 0.3) is 0 Å². The lowest BCUT2D eigenvalue weighted by Crippen LogP contribution is -2.03. The van der Waals surface area contributed by atoms with Crippen LogP contribution in [0.25, 0.3) is 88.5 Å². The van der Waals surface area contributed by atoms with Gasteiger partial charge in [-0.25, -0.2) is 9.97 Å². The van der Waals surface area contributed by atoms with E-state index in [1.165, 1.54) is 0 Å². The van der Waals surface area contributed by atoms with Crippen molar-refractivity contribution in [2.45, 2.75) is 0 Å². The number of nitrogens with zero attached hydrogens (tertiary/aromatic N) is 4. The molecule has 0 N–H and O–H groups in total. The van der Waals surface area contributed by atoms with Gasteiger partial charge >= 0.3 is 0 Å². The second kappa shape index (κ2) is 10.5. The molecule has 0 radical (unpaired) electrons. The lowest BCUT2D eigenvalue weighted by Gasteiger charge is -2.12. The van der Waals surface area contributed by atoms with Crippen molar-refractivity contribution in [3.63, 3.8) is 0 Å². The van der Waals surface area contributed by atoms with Gasteiger partial charge in [0.15, 0.2) is 0 Å². The van der Waals surface area contributed by atoms with Gasteiger partial charge in [-0.2, -0.15) is 0 Å². The average molecular weight is 641 g/mol. The molecule has 3 heterocycles. The zero-order chi connectivity index (χ0) is 56.0. The molecule has 0 aliphatic rings. The normalized spacial score (nSPS) is 19.9. The number of benzene rings is 7. The molecule has 4 heteroatoms. The summed E-state index contributed by atoms with van der Waals surface area (Å²) in [6.45, 7) is 0. The van der Waals surface area contributed by atoms with Gasteiger partial charge in [-0.15, -0.1) is 0 Å². The Labute approximate surface area is 316 Å². The van der Waals surface area contributed by atoms with E-state index in [1.807, 2.05) is 0 Å². The molecule has 0 aliphatic carbocycles. The van der Waals surface area contributed by atoms with Gasteiger partial charge in [-0.1, -0.05) is 115 Å². The molecule has 0 spiro atoms. The molecule has 3 aromatic heterocycles. The van der Waals surface area contributed by atoms with E-state index < -0.39 is 258 Å². The average Bonchev–Trinajstić information content (AvgIpc) is 4.00. The molecule has 224 valence electrons. The fourth-order valence-electron chi connectivity index (χ4n) is 5.55. The highest BCUT2D eigenvalue weighted by Gasteiger charge is 2.18. The van der Waals surface area contributed by atoms with E-state index in [2.05, 4.69) is 9.97 Å². The van der Waals surface area contributed by atoms with Gasteiger partial charge < -0.3 is 4.57 Å². The first-order chi connectivity index (χ1) is 35.5. The van der Waals surface area contributed by atoms with Crippen molar-refractivity contribution in [1.82, 2.24) is 19.1 Å². The van der Waals surface area contributed by atoms with Crippen molar-refractivity contribution in [3.05, 3.63) is 169 Å². The van der Waals surface area contributed by atoms with Gasteiger partial charge in [0.1, 0.15) is 0 Å². The van der Waals surface area contributed by atoms with Crippen LogP contribution >= 0.6 is 0 Å². The van der Waals surface area contributed by atoms with Crippen LogP contribution in [0.15, 0.2) is 169 Å². The lowest BCUT2D eigenvalue weighted by atomic mass is 10.0. The Morgan fingerprint density at radius 3 is 1.54 bits per heavy atom. The zero-order valence-electron chi connectivity index (χ0n) is 51.8. The highest BCUT2D eigenvalue weighted by molar-refractivity contribution is 6.12. The summed E-state index contributed by atoms with van der Waals surface area (Å²) in [6.07, 6.45) is 0. The SMILES string of the molecule is [2H]c1c([2H])c([2H])c(-c2nc(-n3c4c([2H])c([2H])c([2H])c([2H])c4c4c([2H])c(-c5c([2H])c([2H])c6c(c5[2H])c5c([2H])c([2H])c([2H])c([2H])c5n6-c5c([2H])c([2H])c([2H])c([2H])c5[2H])c([2H])c([2H])c43)nc3c([2H])c([2H])c([2H])c([2H])c23)c([2H])c1[2H]. The summed E-state index contributed by atoms with van der Waals surface area (Å²) in [7, 11) is 0.